The van der Waals surface area contributed by atoms with Gasteiger partial charge in [0.2, 0.25) is 0 Å². The zero-order valence-electron chi connectivity index (χ0n) is 14.4. The Morgan fingerprint density at radius 1 is 0.852 bits per heavy atom. The maximum absolute atomic E-state index is 12.7. The van der Waals surface area contributed by atoms with Crippen LogP contribution in [-0.2, 0) is 0 Å². The lowest BCUT2D eigenvalue weighted by Gasteiger charge is -2.20. The van der Waals surface area contributed by atoms with Crippen LogP contribution < -0.4 is 10.4 Å². The molecule has 5 heteroatoms. The molecule has 27 heavy (non-hydrogen) atoms. The number of carbonyl (C=O) groups is 2. The van der Waals surface area contributed by atoms with Gasteiger partial charge in [0.25, 0.3) is 0 Å². The summed E-state index contributed by atoms with van der Waals surface area (Å²) in [5.74, 6) is -1.19. The van der Waals surface area contributed by atoms with Gasteiger partial charge in [0.15, 0.2) is 5.78 Å². The summed E-state index contributed by atoms with van der Waals surface area (Å²) in [6.07, 6.45) is 0.272. The zero-order chi connectivity index (χ0) is 19.2. The topological polar surface area (TPSA) is 69.2 Å². The van der Waals surface area contributed by atoms with Crippen LogP contribution in [0.15, 0.2) is 83.3 Å². The molecule has 0 heterocycles. The largest absolute Gasteiger partial charge is 0.545 e. The van der Waals surface area contributed by atoms with Crippen LogP contribution in [0.25, 0.3) is 0 Å². The lowest BCUT2D eigenvalue weighted by Crippen LogP contribution is -2.22. The van der Waals surface area contributed by atoms with Gasteiger partial charge in [-0.2, -0.15) is 0 Å². The molecule has 0 amide bonds. The van der Waals surface area contributed by atoms with Crippen LogP contribution in [0, 0.1) is 0 Å². The van der Waals surface area contributed by atoms with E-state index in [1.165, 1.54) is 12.1 Å². The number of carbonyl (C=O) groups excluding carboxylic acids is 2. The Hall–Kier alpha value is -2.92. The molecule has 1 atom stereocenters. The summed E-state index contributed by atoms with van der Waals surface area (Å²) < 4.78 is 0.956. The van der Waals surface area contributed by atoms with E-state index in [0.717, 1.165) is 15.7 Å². The van der Waals surface area contributed by atoms with Crippen molar-refractivity contribution in [2.45, 2.75) is 12.5 Å². The quantitative estimate of drug-likeness (QED) is 0.578. The smallest absolute Gasteiger partial charge is 0.165 e. The van der Waals surface area contributed by atoms with Crippen LogP contribution in [0.4, 0.5) is 5.69 Å². The summed E-state index contributed by atoms with van der Waals surface area (Å²) >= 11 is 3.42. The molecule has 0 spiro atoms. The Morgan fingerprint density at radius 3 is 2.07 bits per heavy atom. The fourth-order valence-corrected chi connectivity index (χ4v) is 3.04. The maximum atomic E-state index is 12.7. The predicted molar refractivity (Wildman–Crippen MR) is 107 cm³/mol. The number of nitrogens with one attached hydrogen (secondary N) is 1. The van der Waals surface area contributed by atoms with E-state index in [1.807, 2.05) is 42.5 Å². The highest BCUT2D eigenvalue weighted by Crippen LogP contribution is 2.26. The Bertz CT molecular complexity index is 922. The monoisotopic (exact) mass is 422 g/mol. The summed E-state index contributed by atoms with van der Waals surface area (Å²) in [7, 11) is 0. The summed E-state index contributed by atoms with van der Waals surface area (Å²) in [6.45, 7) is 0. The fourth-order valence-electron chi connectivity index (χ4n) is 2.78. The lowest BCUT2D eigenvalue weighted by atomic mass is 9.97. The molecule has 4 nitrogen and oxygen atoms in total. The highest BCUT2D eigenvalue weighted by molar-refractivity contribution is 9.10. The summed E-state index contributed by atoms with van der Waals surface area (Å²) in [6, 6.07) is 23.0. The van der Waals surface area contributed by atoms with Gasteiger partial charge >= 0.3 is 0 Å². The van der Waals surface area contributed by atoms with E-state index in [1.54, 1.807) is 24.3 Å². The number of anilines is 1. The van der Waals surface area contributed by atoms with Crippen molar-refractivity contribution in [2.75, 3.05) is 5.32 Å². The molecule has 0 unspecified atom stereocenters. The van der Waals surface area contributed by atoms with Gasteiger partial charge in [0, 0.05) is 22.1 Å². The number of Topliss-reactive ketones (excluding diaryl/α,β-unsaturated/α-hetero) is 1. The van der Waals surface area contributed by atoms with Gasteiger partial charge < -0.3 is 15.2 Å². The van der Waals surface area contributed by atoms with E-state index >= 15 is 0 Å². The Kier molecular flexibility index (Phi) is 6.04. The highest BCUT2D eigenvalue weighted by atomic mass is 79.9. The van der Waals surface area contributed by atoms with Gasteiger partial charge in [0.05, 0.1) is 12.0 Å². The average molecular weight is 423 g/mol. The van der Waals surface area contributed by atoms with Crippen molar-refractivity contribution < 1.29 is 14.7 Å². The normalized spacial score (nSPS) is 11.6. The minimum absolute atomic E-state index is 0.0300. The maximum Gasteiger partial charge on any atom is 0.165 e. The molecular weight excluding hydrogens is 406 g/mol. The Balaban J connectivity index is 1.84. The predicted octanol–water partition coefficient (Wildman–Crippen LogP) is 4.24. The molecule has 0 saturated heterocycles. The first-order chi connectivity index (χ1) is 13.0. The molecule has 0 aromatic heterocycles. The standard InChI is InChI=1S/C22H18BrNO3/c23-18-10-6-15(7-11-18)20(14-21(25)16-4-2-1-3-5-16)24-19-12-8-17(9-13-19)22(26)27/h1-13,20,24H,14H2,(H,26,27)/p-1/t20-/m1/s1. The van der Waals surface area contributed by atoms with Crippen molar-refractivity contribution in [1.29, 1.82) is 0 Å². The number of rotatable bonds is 7. The van der Waals surface area contributed by atoms with E-state index in [-0.39, 0.29) is 23.8 Å². The van der Waals surface area contributed by atoms with Crippen molar-refractivity contribution in [3.8, 4) is 0 Å². The molecular formula is C22H17BrNO3-. The number of carboxylic acids is 1. The van der Waals surface area contributed by atoms with E-state index in [2.05, 4.69) is 21.2 Å². The molecule has 3 aromatic rings. The van der Waals surface area contributed by atoms with Crippen molar-refractivity contribution in [3.63, 3.8) is 0 Å². The van der Waals surface area contributed by atoms with Gasteiger partial charge in [-0.25, -0.2) is 0 Å². The molecule has 0 aliphatic rings. The van der Waals surface area contributed by atoms with Crippen LogP contribution in [-0.4, -0.2) is 11.8 Å². The average Bonchev–Trinajstić information content (AvgIpc) is 2.69. The summed E-state index contributed by atoms with van der Waals surface area (Å²) in [4.78, 5) is 23.6. The minimum atomic E-state index is -1.22. The molecule has 3 aromatic carbocycles. The number of halogens is 1. The van der Waals surface area contributed by atoms with Gasteiger partial charge in [-0.05, 0) is 35.4 Å². The molecule has 1 N–H and O–H groups in total. The lowest BCUT2D eigenvalue weighted by molar-refractivity contribution is -0.255. The van der Waals surface area contributed by atoms with E-state index in [4.69, 9.17) is 0 Å². The van der Waals surface area contributed by atoms with Crippen LogP contribution in [0.5, 0.6) is 0 Å². The number of ketones is 1. The first kappa shape index (κ1) is 18.9. The van der Waals surface area contributed by atoms with Crippen LogP contribution in [0.2, 0.25) is 0 Å². The van der Waals surface area contributed by atoms with Gasteiger partial charge in [-0.15, -0.1) is 0 Å². The summed E-state index contributed by atoms with van der Waals surface area (Å²) in [5.41, 5.74) is 2.47. The van der Waals surface area contributed by atoms with E-state index in [0.29, 0.717) is 5.56 Å². The Labute approximate surface area is 166 Å². The van der Waals surface area contributed by atoms with Crippen LogP contribution in [0.3, 0.4) is 0 Å². The highest BCUT2D eigenvalue weighted by Gasteiger charge is 2.17. The van der Waals surface area contributed by atoms with Gasteiger partial charge in [-0.3, -0.25) is 4.79 Å². The van der Waals surface area contributed by atoms with E-state index in [9.17, 15) is 14.7 Å². The fraction of sp³-hybridized carbons (Fsp3) is 0.0909. The molecule has 136 valence electrons. The van der Waals surface area contributed by atoms with Crippen LogP contribution >= 0.6 is 15.9 Å². The van der Waals surface area contributed by atoms with Crippen LogP contribution in [0.1, 0.15) is 38.7 Å². The number of aromatic carboxylic acids is 1. The number of hydrogen-bond acceptors (Lipinski definition) is 4. The number of hydrogen-bond donors (Lipinski definition) is 1. The number of benzene rings is 3. The third-order valence-corrected chi connectivity index (χ3v) is 4.75. The molecule has 3 rings (SSSR count). The molecule has 0 bridgehead atoms. The van der Waals surface area contributed by atoms with Crippen molar-refractivity contribution in [2.24, 2.45) is 0 Å². The zero-order valence-corrected chi connectivity index (χ0v) is 16.0. The van der Waals surface area contributed by atoms with Crippen molar-refractivity contribution >= 4 is 33.4 Å². The molecule has 0 saturated carbocycles. The summed E-state index contributed by atoms with van der Waals surface area (Å²) in [5, 5.41) is 14.2. The second-order valence-corrected chi connectivity index (χ2v) is 7.02. The molecule has 0 aliphatic heterocycles. The van der Waals surface area contributed by atoms with Gasteiger partial charge in [0.1, 0.15) is 0 Å². The molecule has 0 aliphatic carbocycles. The molecule has 0 fully saturated rings. The first-order valence-electron chi connectivity index (χ1n) is 8.44. The third kappa shape index (κ3) is 5.05. The van der Waals surface area contributed by atoms with E-state index < -0.39 is 5.97 Å². The van der Waals surface area contributed by atoms with Gasteiger partial charge in [-0.1, -0.05) is 70.5 Å². The Morgan fingerprint density at radius 2 is 1.48 bits per heavy atom. The van der Waals surface area contributed by atoms with Crippen molar-refractivity contribution in [3.05, 3.63) is 100 Å². The second-order valence-electron chi connectivity index (χ2n) is 6.11. The number of carboxylic acid groups (broad SMARTS) is 1. The second kappa shape index (κ2) is 8.64. The SMILES string of the molecule is O=C([O-])c1ccc(N[C@H](CC(=O)c2ccccc2)c2ccc(Br)cc2)cc1. The van der Waals surface area contributed by atoms with Crippen molar-refractivity contribution in [1.82, 2.24) is 0 Å². The molecule has 0 radical (unpaired) electrons. The third-order valence-electron chi connectivity index (χ3n) is 4.22. The first-order valence-corrected chi connectivity index (χ1v) is 9.24. The minimum Gasteiger partial charge on any atom is -0.545 e.